The van der Waals surface area contributed by atoms with Crippen LogP contribution in [0.4, 0.5) is 0 Å². The predicted octanol–water partition coefficient (Wildman–Crippen LogP) is -0.157. The molecule has 0 aromatic heterocycles. The lowest BCUT2D eigenvalue weighted by molar-refractivity contribution is -0.141. The van der Waals surface area contributed by atoms with Crippen LogP contribution < -0.4 is 5.32 Å². The zero-order chi connectivity index (χ0) is 9.90. The lowest BCUT2D eigenvalue weighted by Crippen LogP contribution is -2.60. The number of amides is 1. The Hall–Kier alpha value is -0.610. The SMILES string of the molecule is COCC(=O)N1CCNCC1(C)C. The number of hydrogen-bond donors (Lipinski definition) is 1. The third-order valence-electron chi connectivity index (χ3n) is 2.37. The number of rotatable bonds is 2. The lowest BCUT2D eigenvalue weighted by atomic mass is 10.0. The number of carbonyl (C=O) groups is 1. The fourth-order valence-corrected chi connectivity index (χ4v) is 1.65. The Morgan fingerprint density at radius 2 is 2.31 bits per heavy atom. The van der Waals surface area contributed by atoms with Crippen LogP contribution in [0.3, 0.4) is 0 Å². The van der Waals surface area contributed by atoms with Gasteiger partial charge in [0.15, 0.2) is 0 Å². The van der Waals surface area contributed by atoms with E-state index in [2.05, 4.69) is 19.2 Å². The van der Waals surface area contributed by atoms with Crippen molar-refractivity contribution in [3.8, 4) is 0 Å². The van der Waals surface area contributed by atoms with Crippen LogP contribution >= 0.6 is 0 Å². The average molecular weight is 186 g/mol. The Balaban J connectivity index is 2.59. The van der Waals surface area contributed by atoms with Gasteiger partial charge in [0.1, 0.15) is 6.61 Å². The van der Waals surface area contributed by atoms with Crippen molar-refractivity contribution < 1.29 is 9.53 Å². The first-order valence-corrected chi connectivity index (χ1v) is 4.58. The molecular formula is C9H18N2O2. The first kappa shape index (κ1) is 10.5. The van der Waals surface area contributed by atoms with E-state index in [0.29, 0.717) is 0 Å². The number of methoxy groups -OCH3 is 1. The standard InChI is InChI=1S/C9H18N2O2/c1-9(2)7-10-4-5-11(9)8(12)6-13-3/h10H,4-7H2,1-3H3. The molecule has 0 bridgehead atoms. The summed E-state index contributed by atoms with van der Waals surface area (Å²) in [5.41, 5.74) is -0.0894. The third kappa shape index (κ3) is 2.42. The molecule has 0 saturated carbocycles. The van der Waals surface area contributed by atoms with Gasteiger partial charge in [0.25, 0.3) is 0 Å². The highest BCUT2D eigenvalue weighted by Crippen LogP contribution is 2.15. The molecule has 1 fully saturated rings. The molecule has 1 aliphatic rings. The Kier molecular flexibility index (Phi) is 3.27. The Labute approximate surface area is 79.2 Å². The molecule has 0 atom stereocenters. The smallest absolute Gasteiger partial charge is 0.249 e. The van der Waals surface area contributed by atoms with Crippen molar-refractivity contribution in [3.05, 3.63) is 0 Å². The minimum absolute atomic E-state index is 0.0778. The summed E-state index contributed by atoms with van der Waals surface area (Å²) < 4.78 is 4.84. The van der Waals surface area contributed by atoms with Crippen molar-refractivity contribution >= 4 is 5.91 Å². The summed E-state index contributed by atoms with van der Waals surface area (Å²) in [5.74, 6) is 0.0778. The summed E-state index contributed by atoms with van der Waals surface area (Å²) in [5, 5.41) is 3.27. The van der Waals surface area contributed by atoms with Gasteiger partial charge in [-0.05, 0) is 13.8 Å². The quantitative estimate of drug-likeness (QED) is 0.651. The highest BCUT2D eigenvalue weighted by atomic mass is 16.5. The van der Waals surface area contributed by atoms with Crippen LogP contribution in [0, 0.1) is 0 Å². The van der Waals surface area contributed by atoms with Gasteiger partial charge < -0.3 is 15.0 Å². The molecule has 1 heterocycles. The minimum atomic E-state index is -0.0894. The molecule has 1 aliphatic heterocycles. The normalized spacial score (nSPS) is 21.6. The molecule has 0 radical (unpaired) electrons. The highest BCUT2D eigenvalue weighted by molar-refractivity contribution is 5.78. The van der Waals surface area contributed by atoms with Crippen LogP contribution in [-0.4, -0.2) is 49.7 Å². The predicted molar refractivity (Wildman–Crippen MR) is 50.5 cm³/mol. The van der Waals surface area contributed by atoms with Crippen molar-refractivity contribution in [2.24, 2.45) is 0 Å². The van der Waals surface area contributed by atoms with Crippen LogP contribution in [0.1, 0.15) is 13.8 Å². The maximum Gasteiger partial charge on any atom is 0.249 e. The van der Waals surface area contributed by atoms with E-state index in [1.165, 1.54) is 0 Å². The van der Waals surface area contributed by atoms with Gasteiger partial charge in [0.05, 0.1) is 0 Å². The number of nitrogens with zero attached hydrogens (tertiary/aromatic N) is 1. The van der Waals surface area contributed by atoms with Gasteiger partial charge in [0.2, 0.25) is 5.91 Å². The Morgan fingerprint density at radius 1 is 1.62 bits per heavy atom. The zero-order valence-electron chi connectivity index (χ0n) is 8.59. The van der Waals surface area contributed by atoms with E-state index in [1.54, 1.807) is 7.11 Å². The van der Waals surface area contributed by atoms with Crippen molar-refractivity contribution in [2.75, 3.05) is 33.4 Å². The number of hydrogen-bond acceptors (Lipinski definition) is 3. The van der Waals surface area contributed by atoms with Crippen LogP contribution in [0.15, 0.2) is 0 Å². The summed E-state index contributed by atoms with van der Waals surface area (Å²) in [6.07, 6.45) is 0. The number of nitrogens with one attached hydrogen (secondary N) is 1. The van der Waals surface area contributed by atoms with E-state index in [-0.39, 0.29) is 18.1 Å². The number of carbonyl (C=O) groups excluding carboxylic acids is 1. The molecule has 1 amide bonds. The largest absolute Gasteiger partial charge is 0.375 e. The average Bonchev–Trinajstić information content (AvgIpc) is 2.03. The molecule has 1 saturated heterocycles. The molecule has 4 heteroatoms. The van der Waals surface area contributed by atoms with E-state index in [4.69, 9.17) is 4.74 Å². The second kappa shape index (κ2) is 4.07. The molecule has 1 N–H and O–H groups in total. The molecule has 76 valence electrons. The molecule has 0 spiro atoms. The van der Waals surface area contributed by atoms with Crippen molar-refractivity contribution in [3.63, 3.8) is 0 Å². The summed E-state index contributed by atoms with van der Waals surface area (Å²) in [6, 6.07) is 0. The highest BCUT2D eigenvalue weighted by Gasteiger charge is 2.32. The van der Waals surface area contributed by atoms with Crippen LogP contribution in [0.25, 0.3) is 0 Å². The van der Waals surface area contributed by atoms with E-state index in [1.807, 2.05) is 4.90 Å². The monoisotopic (exact) mass is 186 g/mol. The second-order valence-corrected chi connectivity index (χ2v) is 3.97. The molecule has 0 aliphatic carbocycles. The lowest BCUT2D eigenvalue weighted by Gasteiger charge is -2.42. The van der Waals surface area contributed by atoms with Gasteiger partial charge in [-0.25, -0.2) is 0 Å². The Morgan fingerprint density at radius 3 is 2.85 bits per heavy atom. The topological polar surface area (TPSA) is 41.6 Å². The molecule has 0 aromatic rings. The van der Waals surface area contributed by atoms with E-state index in [9.17, 15) is 4.79 Å². The summed E-state index contributed by atoms with van der Waals surface area (Å²) in [6.45, 7) is 6.80. The molecule has 13 heavy (non-hydrogen) atoms. The van der Waals surface area contributed by atoms with Gasteiger partial charge in [-0.15, -0.1) is 0 Å². The van der Waals surface area contributed by atoms with Crippen LogP contribution in [0.2, 0.25) is 0 Å². The van der Waals surface area contributed by atoms with E-state index < -0.39 is 0 Å². The molecule has 4 nitrogen and oxygen atoms in total. The third-order valence-corrected chi connectivity index (χ3v) is 2.37. The van der Waals surface area contributed by atoms with Gasteiger partial charge in [-0.2, -0.15) is 0 Å². The molecule has 0 unspecified atom stereocenters. The fourth-order valence-electron chi connectivity index (χ4n) is 1.65. The zero-order valence-corrected chi connectivity index (χ0v) is 8.59. The van der Waals surface area contributed by atoms with Gasteiger partial charge in [0, 0.05) is 32.3 Å². The second-order valence-electron chi connectivity index (χ2n) is 3.97. The van der Waals surface area contributed by atoms with Crippen LogP contribution in [0.5, 0.6) is 0 Å². The molecular weight excluding hydrogens is 168 g/mol. The first-order chi connectivity index (χ1) is 6.08. The maximum atomic E-state index is 11.6. The number of piperazine rings is 1. The summed E-state index contributed by atoms with van der Waals surface area (Å²) >= 11 is 0. The molecule has 1 rings (SSSR count). The maximum absolute atomic E-state index is 11.6. The van der Waals surface area contributed by atoms with Crippen molar-refractivity contribution in [1.82, 2.24) is 10.2 Å². The fraction of sp³-hybridized carbons (Fsp3) is 0.889. The van der Waals surface area contributed by atoms with Gasteiger partial charge >= 0.3 is 0 Å². The van der Waals surface area contributed by atoms with Gasteiger partial charge in [-0.1, -0.05) is 0 Å². The first-order valence-electron chi connectivity index (χ1n) is 4.58. The van der Waals surface area contributed by atoms with Crippen LogP contribution in [-0.2, 0) is 9.53 Å². The molecule has 0 aromatic carbocycles. The number of ether oxygens (including phenoxy) is 1. The summed E-state index contributed by atoms with van der Waals surface area (Å²) in [4.78, 5) is 13.5. The van der Waals surface area contributed by atoms with Gasteiger partial charge in [-0.3, -0.25) is 4.79 Å². The van der Waals surface area contributed by atoms with E-state index in [0.717, 1.165) is 19.6 Å². The van der Waals surface area contributed by atoms with Crippen molar-refractivity contribution in [2.45, 2.75) is 19.4 Å². The summed E-state index contributed by atoms with van der Waals surface area (Å²) in [7, 11) is 1.55. The van der Waals surface area contributed by atoms with Crippen molar-refractivity contribution in [1.29, 1.82) is 0 Å². The van der Waals surface area contributed by atoms with E-state index >= 15 is 0 Å². The Bertz CT molecular complexity index is 192. The minimum Gasteiger partial charge on any atom is -0.375 e.